The number of carbonyl (C=O) groups excluding carboxylic acids is 1. The van der Waals surface area contributed by atoms with E-state index in [-0.39, 0.29) is 5.91 Å². The molecule has 2 N–H and O–H groups in total. The first-order valence-electron chi connectivity index (χ1n) is 7.43. The monoisotopic (exact) mass is 254 g/mol. The molecule has 1 saturated heterocycles. The summed E-state index contributed by atoms with van der Waals surface area (Å²) < 4.78 is 6.10. The van der Waals surface area contributed by atoms with Gasteiger partial charge in [0.1, 0.15) is 0 Å². The molecule has 0 aromatic carbocycles. The lowest BCUT2D eigenvalue weighted by atomic mass is 10.1. The normalized spacial score (nSPS) is 22.6. The van der Waals surface area contributed by atoms with E-state index >= 15 is 0 Å². The van der Waals surface area contributed by atoms with Gasteiger partial charge < -0.3 is 15.4 Å². The molecule has 2 fully saturated rings. The minimum Gasteiger partial charge on any atom is -0.375 e. The van der Waals surface area contributed by atoms with Gasteiger partial charge in [0.15, 0.2) is 0 Å². The van der Waals surface area contributed by atoms with Crippen LogP contribution in [0.3, 0.4) is 0 Å². The number of amides is 1. The number of nitrogens with two attached hydrogens (primary N) is 1. The molecule has 4 nitrogen and oxygen atoms in total. The highest BCUT2D eigenvalue weighted by Gasteiger charge is 2.26. The lowest BCUT2D eigenvalue weighted by molar-refractivity contribution is -0.134. The van der Waals surface area contributed by atoms with E-state index in [1.165, 1.54) is 25.7 Å². The third-order valence-electron chi connectivity index (χ3n) is 4.08. The number of nitrogens with zero attached hydrogens (tertiary/aromatic N) is 1. The number of rotatable bonds is 5. The van der Waals surface area contributed by atoms with E-state index in [1.54, 1.807) is 0 Å². The Bertz CT molecular complexity index is 257. The van der Waals surface area contributed by atoms with Crippen molar-refractivity contribution in [1.82, 2.24) is 4.90 Å². The van der Waals surface area contributed by atoms with Crippen LogP contribution >= 0.6 is 0 Å². The molecule has 0 radical (unpaired) electrons. The maximum absolute atomic E-state index is 11.8. The summed E-state index contributed by atoms with van der Waals surface area (Å²) in [5.74, 6) is 0.264. The summed E-state index contributed by atoms with van der Waals surface area (Å²) in [6.07, 6.45) is 9.40. The van der Waals surface area contributed by atoms with Gasteiger partial charge in [0.05, 0.1) is 12.2 Å². The van der Waals surface area contributed by atoms with Crippen molar-refractivity contribution in [3.8, 4) is 0 Å². The maximum atomic E-state index is 11.8. The highest BCUT2D eigenvalue weighted by molar-refractivity contribution is 5.76. The van der Waals surface area contributed by atoms with E-state index in [1.807, 2.05) is 4.90 Å². The van der Waals surface area contributed by atoms with Crippen molar-refractivity contribution >= 4 is 5.91 Å². The minimum absolute atomic E-state index is 0.264. The van der Waals surface area contributed by atoms with Crippen LogP contribution in [0.25, 0.3) is 0 Å². The van der Waals surface area contributed by atoms with E-state index in [0.29, 0.717) is 25.2 Å². The number of carbonyl (C=O) groups is 1. The van der Waals surface area contributed by atoms with Gasteiger partial charge in [0.2, 0.25) is 5.91 Å². The molecule has 0 aromatic heterocycles. The molecule has 2 rings (SSSR count). The van der Waals surface area contributed by atoms with Crippen LogP contribution in [0, 0.1) is 0 Å². The fourth-order valence-corrected chi connectivity index (χ4v) is 2.95. The second-order valence-electron chi connectivity index (χ2n) is 5.51. The van der Waals surface area contributed by atoms with Gasteiger partial charge in [-0.2, -0.15) is 0 Å². The topological polar surface area (TPSA) is 55.6 Å². The van der Waals surface area contributed by atoms with Gasteiger partial charge in [-0.25, -0.2) is 0 Å². The number of hydrogen-bond donors (Lipinski definition) is 1. The Morgan fingerprint density at radius 2 is 1.72 bits per heavy atom. The standard InChI is InChI=1S/C14H26N2O2/c15-9-3-6-14(17)16-10-7-13(8-11-16)18-12-4-1-2-5-12/h12-13H,1-11,15H2. The van der Waals surface area contributed by atoms with Crippen LogP contribution in [0.2, 0.25) is 0 Å². The Labute approximate surface area is 110 Å². The van der Waals surface area contributed by atoms with Crippen LogP contribution < -0.4 is 5.73 Å². The Hall–Kier alpha value is -0.610. The third kappa shape index (κ3) is 3.95. The number of hydrogen-bond acceptors (Lipinski definition) is 3. The predicted molar refractivity (Wildman–Crippen MR) is 71.2 cm³/mol. The Morgan fingerprint density at radius 1 is 1.11 bits per heavy atom. The predicted octanol–water partition coefficient (Wildman–Crippen LogP) is 1.68. The minimum atomic E-state index is 0.264. The van der Waals surface area contributed by atoms with Crippen LogP contribution in [0.15, 0.2) is 0 Å². The van der Waals surface area contributed by atoms with Crippen molar-refractivity contribution < 1.29 is 9.53 Å². The van der Waals surface area contributed by atoms with E-state index in [9.17, 15) is 4.79 Å². The highest BCUT2D eigenvalue weighted by Crippen LogP contribution is 2.25. The average Bonchev–Trinajstić information content (AvgIpc) is 2.89. The van der Waals surface area contributed by atoms with E-state index < -0.39 is 0 Å². The SMILES string of the molecule is NCCCC(=O)N1CCC(OC2CCCC2)CC1. The average molecular weight is 254 g/mol. The number of likely N-dealkylation sites (tertiary alicyclic amines) is 1. The van der Waals surface area contributed by atoms with Crippen LogP contribution in [0.4, 0.5) is 0 Å². The molecule has 1 aliphatic carbocycles. The molecule has 0 bridgehead atoms. The van der Waals surface area contributed by atoms with Crippen LogP contribution in [-0.2, 0) is 9.53 Å². The van der Waals surface area contributed by atoms with Gasteiger partial charge in [-0.15, -0.1) is 0 Å². The molecule has 0 atom stereocenters. The third-order valence-corrected chi connectivity index (χ3v) is 4.08. The Morgan fingerprint density at radius 3 is 2.33 bits per heavy atom. The first-order chi connectivity index (χ1) is 8.79. The van der Waals surface area contributed by atoms with Crippen molar-refractivity contribution in [2.75, 3.05) is 19.6 Å². The molecule has 1 amide bonds. The largest absolute Gasteiger partial charge is 0.375 e. The molecule has 18 heavy (non-hydrogen) atoms. The summed E-state index contributed by atoms with van der Waals surface area (Å²) in [6, 6.07) is 0. The zero-order valence-corrected chi connectivity index (χ0v) is 11.3. The molecule has 104 valence electrons. The fraction of sp³-hybridized carbons (Fsp3) is 0.929. The molecule has 0 aromatic rings. The summed E-state index contributed by atoms with van der Waals surface area (Å²) in [4.78, 5) is 13.8. The zero-order valence-electron chi connectivity index (χ0n) is 11.3. The summed E-state index contributed by atoms with van der Waals surface area (Å²) in [5.41, 5.74) is 5.43. The molecule has 4 heteroatoms. The maximum Gasteiger partial charge on any atom is 0.222 e. The second kappa shape index (κ2) is 7.10. The molecule has 1 heterocycles. The summed E-state index contributed by atoms with van der Waals surface area (Å²) in [6.45, 7) is 2.33. The Kier molecular flexibility index (Phi) is 5.45. The second-order valence-corrected chi connectivity index (χ2v) is 5.51. The fourth-order valence-electron chi connectivity index (χ4n) is 2.95. The molecule has 2 aliphatic rings. The quantitative estimate of drug-likeness (QED) is 0.812. The molecular formula is C14H26N2O2. The first-order valence-corrected chi connectivity index (χ1v) is 7.43. The van der Waals surface area contributed by atoms with Crippen molar-refractivity contribution in [2.45, 2.75) is 63.6 Å². The van der Waals surface area contributed by atoms with Gasteiger partial charge in [0.25, 0.3) is 0 Å². The summed E-state index contributed by atoms with van der Waals surface area (Å²) in [7, 11) is 0. The van der Waals surface area contributed by atoms with E-state index in [2.05, 4.69) is 0 Å². The molecular weight excluding hydrogens is 228 g/mol. The molecule has 0 spiro atoms. The first kappa shape index (κ1) is 13.8. The van der Waals surface area contributed by atoms with Crippen LogP contribution in [0.5, 0.6) is 0 Å². The van der Waals surface area contributed by atoms with Crippen molar-refractivity contribution in [2.24, 2.45) is 5.73 Å². The van der Waals surface area contributed by atoms with Crippen molar-refractivity contribution in [3.05, 3.63) is 0 Å². The number of ether oxygens (including phenoxy) is 1. The zero-order chi connectivity index (χ0) is 12.8. The summed E-state index contributed by atoms with van der Waals surface area (Å²) >= 11 is 0. The van der Waals surface area contributed by atoms with Gasteiger partial charge in [-0.1, -0.05) is 12.8 Å². The molecule has 0 unspecified atom stereocenters. The lowest BCUT2D eigenvalue weighted by Gasteiger charge is -2.33. The van der Waals surface area contributed by atoms with Crippen LogP contribution in [-0.4, -0.2) is 42.6 Å². The summed E-state index contributed by atoms with van der Waals surface area (Å²) in [5, 5.41) is 0. The molecule has 1 saturated carbocycles. The van der Waals surface area contributed by atoms with Crippen molar-refractivity contribution in [3.63, 3.8) is 0 Å². The molecule has 1 aliphatic heterocycles. The van der Waals surface area contributed by atoms with Gasteiger partial charge in [-0.05, 0) is 38.6 Å². The van der Waals surface area contributed by atoms with E-state index in [4.69, 9.17) is 10.5 Å². The lowest BCUT2D eigenvalue weighted by Crippen LogP contribution is -2.41. The van der Waals surface area contributed by atoms with Crippen molar-refractivity contribution in [1.29, 1.82) is 0 Å². The van der Waals surface area contributed by atoms with E-state index in [0.717, 1.165) is 32.4 Å². The van der Waals surface area contributed by atoms with Gasteiger partial charge >= 0.3 is 0 Å². The van der Waals surface area contributed by atoms with Gasteiger partial charge in [0, 0.05) is 19.5 Å². The van der Waals surface area contributed by atoms with Gasteiger partial charge in [-0.3, -0.25) is 4.79 Å². The number of piperidine rings is 1. The highest BCUT2D eigenvalue weighted by atomic mass is 16.5. The van der Waals surface area contributed by atoms with Crippen LogP contribution in [0.1, 0.15) is 51.4 Å². The smallest absolute Gasteiger partial charge is 0.222 e. The Balaban J connectivity index is 1.65.